The number of benzene rings is 2. The molecule has 0 aromatic heterocycles. The fraction of sp³-hybridized carbons (Fsp3) is 0.435. The molecule has 2 aromatic carbocycles. The Labute approximate surface area is 168 Å². The Morgan fingerprint density at radius 1 is 1.07 bits per heavy atom. The van der Waals surface area contributed by atoms with E-state index in [9.17, 15) is 4.79 Å². The lowest BCUT2D eigenvalue weighted by Crippen LogP contribution is -2.47. The Bertz CT molecular complexity index is 798. The number of hydrogen-bond acceptors (Lipinski definition) is 4. The van der Waals surface area contributed by atoms with Crippen LogP contribution in [0.25, 0.3) is 0 Å². The van der Waals surface area contributed by atoms with Crippen molar-refractivity contribution in [2.75, 3.05) is 51.3 Å². The van der Waals surface area contributed by atoms with Crippen molar-refractivity contribution in [3.8, 4) is 5.75 Å². The molecule has 1 amide bonds. The highest BCUT2D eigenvalue weighted by atomic mass is 16.5. The zero-order chi connectivity index (χ0) is 19.9. The SMILES string of the molecule is COc1ccccc1N1CCN(CCCNC(=O)c2ccc(C)cc2C)CC1. The van der Waals surface area contributed by atoms with Gasteiger partial charge in [0.1, 0.15) is 5.75 Å². The van der Waals surface area contributed by atoms with Gasteiger partial charge in [-0.25, -0.2) is 0 Å². The van der Waals surface area contributed by atoms with Crippen LogP contribution in [-0.2, 0) is 0 Å². The minimum atomic E-state index is 0.0264. The first kappa shape index (κ1) is 20.2. The quantitative estimate of drug-likeness (QED) is 0.748. The maximum Gasteiger partial charge on any atom is 0.251 e. The van der Waals surface area contributed by atoms with Gasteiger partial charge in [0.2, 0.25) is 0 Å². The average molecular weight is 382 g/mol. The van der Waals surface area contributed by atoms with Crippen molar-refractivity contribution in [1.82, 2.24) is 10.2 Å². The molecule has 1 heterocycles. The maximum atomic E-state index is 12.3. The molecular weight excluding hydrogens is 350 g/mol. The van der Waals surface area contributed by atoms with Crippen molar-refractivity contribution in [2.45, 2.75) is 20.3 Å². The second-order valence-corrected chi connectivity index (χ2v) is 7.43. The van der Waals surface area contributed by atoms with Gasteiger partial charge in [0.15, 0.2) is 0 Å². The number of nitrogens with one attached hydrogen (secondary N) is 1. The summed E-state index contributed by atoms with van der Waals surface area (Å²) in [5.41, 5.74) is 4.16. The molecule has 0 atom stereocenters. The minimum absolute atomic E-state index is 0.0264. The molecule has 1 aliphatic rings. The number of methoxy groups -OCH3 is 1. The number of nitrogens with zero attached hydrogens (tertiary/aromatic N) is 2. The zero-order valence-electron chi connectivity index (χ0n) is 17.2. The van der Waals surface area contributed by atoms with Crippen LogP contribution in [0, 0.1) is 13.8 Å². The molecule has 0 radical (unpaired) electrons. The van der Waals surface area contributed by atoms with Crippen LogP contribution in [0.5, 0.6) is 5.75 Å². The number of anilines is 1. The number of aryl methyl sites for hydroxylation is 2. The van der Waals surface area contributed by atoms with E-state index >= 15 is 0 Å². The number of ether oxygens (including phenoxy) is 1. The summed E-state index contributed by atoms with van der Waals surface area (Å²) in [6, 6.07) is 14.2. The molecule has 150 valence electrons. The predicted octanol–water partition coefficient (Wildman–Crippen LogP) is 3.25. The first-order valence-corrected chi connectivity index (χ1v) is 10.0. The van der Waals surface area contributed by atoms with Crippen molar-refractivity contribution >= 4 is 11.6 Å². The second kappa shape index (κ2) is 9.60. The van der Waals surface area contributed by atoms with E-state index in [1.54, 1.807) is 7.11 Å². The Morgan fingerprint density at radius 3 is 2.54 bits per heavy atom. The van der Waals surface area contributed by atoms with Crippen molar-refractivity contribution < 1.29 is 9.53 Å². The molecule has 0 unspecified atom stereocenters. The van der Waals surface area contributed by atoms with Crippen LogP contribution in [0.1, 0.15) is 27.9 Å². The molecule has 1 N–H and O–H groups in total. The smallest absolute Gasteiger partial charge is 0.251 e. The summed E-state index contributed by atoms with van der Waals surface area (Å²) in [4.78, 5) is 17.2. The fourth-order valence-corrected chi connectivity index (χ4v) is 3.77. The topological polar surface area (TPSA) is 44.8 Å². The largest absolute Gasteiger partial charge is 0.495 e. The Morgan fingerprint density at radius 2 is 1.82 bits per heavy atom. The Hall–Kier alpha value is -2.53. The highest BCUT2D eigenvalue weighted by molar-refractivity contribution is 5.95. The third-order valence-electron chi connectivity index (χ3n) is 5.36. The van der Waals surface area contributed by atoms with Gasteiger partial charge in [-0.15, -0.1) is 0 Å². The monoisotopic (exact) mass is 381 g/mol. The molecule has 3 rings (SSSR count). The lowest BCUT2D eigenvalue weighted by molar-refractivity contribution is 0.0951. The first-order valence-electron chi connectivity index (χ1n) is 10.0. The van der Waals surface area contributed by atoms with Crippen LogP contribution in [-0.4, -0.2) is 57.2 Å². The van der Waals surface area contributed by atoms with Gasteiger partial charge in [-0.1, -0.05) is 29.8 Å². The molecule has 1 aliphatic heterocycles. The van der Waals surface area contributed by atoms with Crippen LogP contribution in [0.4, 0.5) is 5.69 Å². The molecule has 0 spiro atoms. The van der Waals surface area contributed by atoms with Crippen LogP contribution < -0.4 is 15.0 Å². The van der Waals surface area contributed by atoms with Crippen LogP contribution >= 0.6 is 0 Å². The summed E-state index contributed by atoms with van der Waals surface area (Å²) in [5, 5.41) is 3.06. The van der Waals surface area contributed by atoms with Gasteiger partial charge in [-0.2, -0.15) is 0 Å². The molecule has 1 fully saturated rings. The van der Waals surface area contributed by atoms with Crippen molar-refractivity contribution in [3.63, 3.8) is 0 Å². The molecule has 0 aliphatic carbocycles. The molecular formula is C23H31N3O2. The second-order valence-electron chi connectivity index (χ2n) is 7.43. The molecule has 5 nitrogen and oxygen atoms in total. The molecule has 28 heavy (non-hydrogen) atoms. The van der Waals surface area contributed by atoms with Gasteiger partial charge in [0.25, 0.3) is 5.91 Å². The van der Waals surface area contributed by atoms with Gasteiger partial charge >= 0.3 is 0 Å². The van der Waals surface area contributed by atoms with Gasteiger partial charge in [-0.05, 0) is 50.6 Å². The highest BCUT2D eigenvalue weighted by Crippen LogP contribution is 2.28. The predicted molar refractivity (Wildman–Crippen MR) is 115 cm³/mol. The highest BCUT2D eigenvalue weighted by Gasteiger charge is 2.19. The van der Waals surface area contributed by atoms with E-state index in [1.165, 1.54) is 11.3 Å². The van der Waals surface area contributed by atoms with Crippen molar-refractivity contribution in [1.29, 1.82) is 0 Å². The standard InChI is InChI=1S/C23H31N3O2/c1-18-9-10-20(19(2)17-18)23(27)24-11-6-12-25-13-15-26(16-14-25)21-7-4-5-8-22(21)28-3/h4-5,7-10,17H,6,11-16H2,1-3H3,(H,24,27). The first-order chi connectivity index (χ1) is 13.6. The average Bonchev–Trinajstić information content (AvgIpc) is 2.71. The van der Waals surface area contributed by atoms with Crippen LogP contribution in [0.3, 0.4) is 0 Å². The normalized spacial score (nSPS) is 14.8. The molecule has 0 bridgehead atoms. The third kappa shape index (κ3) is 5.04. The molecule has 1 saturated heterocycles. The van der Waals surface area contributed by atoms with Crippen molar-refractivity contribution in [2.24, 2.45) is 0 Å². The maximum absolute atomic E-state index is 12.3. The molecule has 0 saturated carbocycles. The van der Waals surface area contributed by atoms with E-state index in [-0.39, 0.29) is 5.91 Å². The summed E-state index contributed by atoms with van der Waals surface area (Å²) in [7, 11) is 1.72. The van der Waals surface area contributed by atoms with E-state index in [4.69, 9.17) is 4.74 Å². The Balaban J connectivity index is 1.39. The zero-order valence-corrected chi connectivity index (χ0v) is 17.2. The number of hydrogen-bond donors (Lipinski definition) is 1. The minimum Gasteiger partial charge on any atom is -0.495 e. The van der Waals surface area contributed by atoms with Crippen LogP contribution in [0.15, 0.2) is 42.5 Å². The number of para-hydroxylation sites is 2. The van der Waals surface area contributed by atoms with E-state index in [0.29, 0.717) is 6.54 Å². The fourth-order valence-electron chi connectivity index (χ4n) is 3.77. The summed E-state index contributed by atoms with van der Waals surface area (Å²) in [5.74, 6) is 0.962. The number of amides is 1. The molecule has 5 heteroatoms. The van der Waals surface area contributed by atoms with Crippen LogP contribution in [0.2, 0.25) is 0 Å². The summed E-state index contributed by atoms with van der Waals surface area (Å²) < 4.78 is 5.48. The van der Waals surface area contributed by atoms with Gasteiger partial charge < -0.3 is 15.0 Å². The summed E-state index contributed by atoms with van der Waals surface area (Å²) in [6.45, 7) is 9.80. The third-order valence-corrected chi connectivity index (χ3v) is 5.36. The summed E-state index contributed by atoms with van der Waals surface area (Å²) in [6.07, 6.45) is 0.964. The summed E-state index contributed by atoms with van der Waals surface area (Å²) >= 11 is 0. The number of piperazine rings is 1. The Kier molecular flexibility index (Phi) is 6.93. The van der Waals surface area contributed by atoms with E-state index < -0.39 is 0 Å². The van der Waals surface area contributed by atoms with Gasteiger partial charge in [0, 0.05) is 38.3 Å². The van der Waals surface area contributed by atoms with Gasteiger partial charge in [-0.3, -0.25) is 9.69 Å². The van der Waals surface area contributed by atoms with E-state index in [2.05, 4.69) is 33.3 Å². The van der Waals surface area contributed by atoms with E-state index in [1.807, 2.05) is 38.1 Å². The number of carbonyl (C=O) groups is 1. The van der Waals surface area contributed by atoms with Crippen molar-refractivity contribution in [3.05, 3.63) is 59.2 Å². The lowest BCUT2D eigenvalue weighted by Gasteiger charge is -2.36. The lowest BCUT2D eigenvalue weighted by atomic mass is 10.1. The van der Waals surface area contributed by atoms with E-state index in [0.717, 1.165) is 56.0 Å². The molecule has 2 aromatic rings. The number of carbonyl (C=O) groups excluding carboxylic acids is 1. The van der Waals surface area contributed by atoms with Gasteiger partial charge in [0.05, 0.1) is 12.8 Å². The number of rotatable bonds is 7.